The van der Waals surface area contributed by atoms with E-state index in [0.29, 0.717) is 28.1 Å². The van der Waals surface area contributed by atoms with Gasteiger partial charge in [-0.3, -0.25) is 14.4 Å². The van der Waals surface area contributed by atoms with Gasteiger partial charge in [-0.05, 0) is 99.9 Å². The van der Waals surface area contributed by atoms with Crippen molar-refractivity contribution >= 4 is 23.5 Å². The molecule has 12 heteroatoms. The number of carbonyl (C=O) groups excluding carboxylic acids is 3. The van der Waals surface area contributed by atoms with E-state index in [-0.39, 0.29) is 63.4 Å². The molecule has 1 aromatic heterocycles. The Bertz CT molecular complexity index is 1880. The average Bonchev–Trinajstić information content (AvgIpc) is 3.54. The van der Waals surface area contributed by atoms with Crippen LogP contribution in [0.4, 0.5) is 10.1 Å². The largest absolute Gasteiger partial charge is 0.460 e. The number of aromatic nitrogens is 1. The minimum absolute atomic E-state index is 0.0707. The third-order valence-electron chi connectivity index (χ3n) is 9.11. The first-order chi connectivity index (χ1) is 28.5. The Kier molecular flexibility index (Phi) is 21.9. The lowest BCUT2D eigenvalue weighted by Crippen LogP contribution is -2.32. The summed E-state index contributed by atoms with van der Waals surface area (Å²) < 4.78 is 21.4. The molecule has 6 N–H and O–H groups in total. The fourth-order valence-electron chi connectivity index (χ4n) is 6.76. The summed E-state index contributed by atoms with van der Waals surface area (Å²) in [7, 11) is 0. The molecular formula is C48H68FN3O8. The van der Waals surface area contributed by atoms with Crippen molar-refractivity contribution in [2.75, 3.05) is 11.9 Å². The number of halogens is 1. The van der Waals surface area contributed by atoms with Gasteiger partial charge in [-0.15, -0.1) is 0 Å². The van der Waals surface area contributed by atoms with E-state index in [0.717, 1.165) is 11.3 Å². The minimum Gasteiger partial charge on any atom is -0.460 e. The molecule has 1 heterocycles. The first kappa shape index (κ1) is 51.3. The second-order valence-electron chi connectivity index (χ2n) is 15.5. The van der Waals surface area contributed by atoms with Crippen LogP contribution >= 0.6 is 0 Å². The molecule has 0 aliphatic heterocycles. The Morgan fingerprint density at radius 2 is 1.25 bits per heavy atom. The van der Waals surface area contributed by atoms with Gasteiger partial charge in [-0.2, -0.15) is 0 Å². The molecule has 0 aliphatic rings. The molecule has 0 spiro atoms. The average molecular weight is 834 g/mol. The highest BCUT2D eigenvalue weighted by atomic mass is 19.1. The van der Waals surface area contributed by atoms with E-state index in [9.17, 15) is 39.2 Å². The van der Waals surface area contributed by atoms with E-state index in [4.69, 9.17) is 4.74 Å². The van der Waals surface area contributed by atoms with Crippen LogP contribution in [0, 0.1) is 5.82 Å². The third kappa shape index (κ3) is 16.6. The maximum absolute atomic E-state index is 14.3. The number of nitrogens with one attached hydrogen (secondary N) is 2. The van der Waals surface area contributed by atoms with Crippen LogP contribution in [-0.2, 0) is 20.9 Å². The van der Waals surface area contributed by atoms with E-state index in [1.807, 2.05) is 94.6 Å². The number of hydrogen-bond acceptors (Lipinski definition) is 8. The number of aliphatic hydroxyl groups excluding tert-OH is 4. The van der Waals surface area contributed by atoms with Gasteiger partial charge in [0, 0.05) is 30.0 Å². The number of carbonyl (C=O) groups is 3. The van der Waals surface area contributed by atoms with Gasteiger partial charge >= 0.3 is 5.97 Å². The van der Waals surface area contributed by atoms with Gasteiger partial charge < -0.3 is 40.4 Å². The van der Waals surface area contributed by atoms with Crippen LogP contribution in [0.2, 0.25) is 0 Å². The number of amides is 2. The maximum Gasteiger partial charge on any atom is 0.308 e. The van der Waals surface area contributed by atoms with Gasteiger partial charge in [0.05, 0.1) is 48.5 Å². The van der Waals surface area contributed by atoms with Gasteiger partial charge in [0.15, 0.2) is 0 Å². The van der Waals surface area contributed by atoms with E-state index >= 15 is 0 Å². The predicted octanol–water partition coefficient (Wildman–Crippen LogP) is 8.63. The quantitative estimate of drug-likeness (QED) is 0.0510. The lowest BCUT2D eigenvalue weighted by molar-refractivity contribution is -0.157. The molecule has 4 atom stereocenters. The van der Waals surface area contributed by atoms with Gasteiger partial charge in [-0.1, -0.05) is 90.1 Å². The van der Waals surface area contributed by atoms with Gasteiger partial charge in [0.2, 0.25) is 5.91 Å². The van der Waals surface area contributed by atoms with Crippen molar-refractivity contribution in [1.29, 1.82) is 0 Å². The molecule has 0 radical (unpaired) electrons. The minimum atomic E-state index is -1.16. The Balaban J connectivity index is 0.00000301. The summed E-state index contributed by atoms with van der Waals surface area (Å²) in [6.07, 6.45) is -4.66. The molecule has 60 heavy (non-hydrogen) atoms. The molecule has 0 bridgehead atoms. The molecule has 0 aliphatic carbocycles. The highest BCUT2D eigenvalue weighted by Gasteiger charge is 2.31. The normalized spacial score (nSPS) is 13.1. The summed E-state index contributed by atoms with van der Waals surface area (Å²) in [6, 6.07) is 24.7. The molecule has 4 aromatic rings. The summed E-state index contributed by atoms with van der Waals surface area (Å²) in [4.78, 5) is 38.8. The maximum atomic E-state index is 14.3. The van der Waals surface area contributed by atoms with Crippen molar-refractivity contribution in [1.82, 2.24) is 9.88 Å². The Morgan fingerprint density at radius 1 is 0.717 bits per heavy atom. The highest BCUT2D eigenvalue weighted by Crippen LogP contribution is 2.42. The van der Waals surface area contributed by atoms with Crippen molar-refractivity contribution in [3.05, 3.63) is 102 Å². The number of hydrogen-bond donors (Lipinski definition) is 6. The van der Waals surface area contributed by atoms with Crippen LogP contribution in [-0.4, -0.2) is 79.3 Å². The monoisotopic (exact) mass is 833 g/mol. The smallest absolute Gasteiger partial charge is 0.308 e. The number of esters is 1. The van der Waals surface area contributed by atoms with Gasteiger partial charge in [0.1, 0.15) is 11.4 Å². The SMILES string of the molecule is CC.CC.CC(C)c1c(C(=O)Nc2ccccc2)c(-c2ccccc2)c(-c2ccc(F)cc2)n1CC[C@@H](O)C[C@@H](O)CC(=O)NCC[C@@H](O)C[C@@H](O)CC(=O)OC(C)(C)C. The number of aliphatic hydroxyl groups is 4. The molecular weight excluding hydrogens is 766 g/mol. The molecule has 11 nitrogen and oxygen atoms in total. The summed E-state index contributed by atoms with van der Waals surface area (Å²) in [5.41, 5.74) is 3.95. The van der Waals surface area contributed by atoms with E-state index in [1.54, 1.807) is 45.0 Å². The number of ether oxygens (including phenoxy) is 1. The first-order valence-electron chi connectivity index (χ1n) is 21.2. The second kappa shape index (κ2) is 25.7. The highest BCUT2D eigenvalue weighted by molar-refractivity contribution is 6.12. The van der Waals surface area contributed by atoms with E-state index in [1.165, 1.54) is 12.1 Å². The van der Waals surface area contributed by atoms with Crippen LogP contribution in [0.3, 0.4) is 0 Å². The Morgan fingerprint density at radius 3 is 1.80 bits per heavy atom. The predicted molar refractivity (Wildman–Crippen MR) is 237 cm³/mol. The second-order valence-corrected chi connectivity index (χ2v) is 15.5. The van der Waals surface area contributed by atoms with Gasteiger partial charge in [0.25, 0.3) is 5.91 Å². The van der Waals surface area contributed by atoms with Crippen molar-refractivity contribution in [3.63, 3.8) is 0 Å². The number of anilines is 1. The molecule has 4 rings (SSSR count). The first-order valence-corrected chi connectivity index (χ1v) is 21.2. The molecule has 2 amide bonds. The fraction of sp³-hybridized carbons (Fsp3) is 0.479. The number of para-hydroxylation sites is 1. The summed E-state index contributed by atoms with van der Waals surface area (Å²) in [6.45, 7) is 17.5. The van der Waals surface area contributed by atoms with Crippen molar-refractivity contribution in [3.8, 4) is 22.4 Å². The zero-order valence-corrected chi connectivity index (χ0v) is 36.9. The van der Waals surface area contributed by atoms with E-state index < -0.39 is 47.7 Å². The topological polar surface area (TPSA) is 170 Å². The summed E-state index contributed by atoms with van der Waals surface area (Å²) >= 11 is 0. The lowest BCUT2D eigenvalue weighted by Gasteiger charge is -2.21. The van der Waals surface area contributed by atoms with Crippen LogP contribution < -0.4 is 10.6 Å². The Labute approximate surface area is 356 Å². The van der Waals surface area contributed by atoms with Crippen molar-refractivity contribution in [2.45, 2.75) is 143 Å². The lowest BCUT2D eigenvalue weighted by atomic mass is 9.94. The number of benzene rings is 3. The van der Waals surface area contributed by atoms with Gasteiger partial charge in [-0.25, -0.2) is 4.39 Å². The fourth-order valence-corrected chi connectivity index (χ4v) is 6.76. The number of nitrogens with zero attached hydrogens (tertiary/aromatic N) is 1. The number of rotatable bonds is 19. The van der Waals surface area contributed by atoms with Crippen LogP contribution in [0.1, 0.15) is 123 Å². The van der Waals surface area contributed by atoms with Crippen molar-refractivity contribution in [2.24, 2.45) is 0 Å². The van der Waals surface area contributed by atoms with Crippen molar-refractivity contribution < 1.29 is 43.9 Å². The Hall–Kier alpha value is -4.88. The molecule has 0 saturated carbocycles. The summed E-state index contributed by atoms with van der Waals surface area (Å²) in [5.74, 6) is -1.91. The van der Waals surface area contributed by atoms with E-state index in [2.05, 4.69) is 10.6 Å². The van der Waals surface area contributed by atoms with Crippen LogP contribution in [0.15, 0.2) is 84.9 Å². The summed E-state index contributed by atoms with van der Waals surface area (Å²) in [5, 5.41) is 48.0. The van der Waals surface area contributed by atoms with Crippen LogP contribution in [0.25, 0.3) is 22.4 Å². The van der Waals surface area contributed by atoms with Crippen LogP contribution in [0.5, 0.6) is 0 Å². The zero-order chi connectivity index (χ0) is 45.0. The molecule has 3 aromatic carbocycles. The zero-order valence-electron chi connectivity index (χ0n) is 36.9. The standard InChI is InChI=1S/C44H56FN3O8.2C2H6/c1-28(2)41-40(43(55)47-32-14-10-7-11-15-32)39(29-12-8-6-9-13-29)42(30-16-18-31(45)19-17-30)48(41)23-21-34(50)25-35(51)26-37(53)46-22-20-33(49)24-36(52)27-38(54)56-44(3,4)5;2*1-2/h6-19,28,33-36,49-52H,20-27H2,1-5H3,(H,46,53)(H,47,55);2*1-2H3/t33-,34-,35-,36-;;/m1../s1. The molecule has 0 fully saturated rings. The molecule has 0 unspecified atom stereocenters. The molecule has 330 valence electrons. The molecule has 0 saturated heterocycles. The third-order valence-corrected chi connectivity index (χ3v) is 9.11.